The van der Waals surface area contributed by atoms with Crippen molar-refractivity contribution in [3.05, 3.63) is 24.3 Å². The van der Waals surface area contributed by atoms with Crippen molar-refractivity contribution in [3.63, 3.8) is 0 Å². The Balaban J connectivity index is 1.76. The largest absolute Gasteiger partial charge is 0.385 e. The molecule has 2 amide bonds. The van der Waals surface area contributed by atoms with Crippen molar-refractivity contribution in [2.24, 2.45) is 5.92 Å². The molecule has 0 aliphatic carbocycles. The van der Waals surface area contributed by atoms with Crippen molar-refractivity contribution in [2.45, 2.75) is 6.42 Å². The van der Waals surface area contributed by atoms with Crippen LogP contribution in [0.2, 0.25) is 0 Å². The first-order chi connectivity index (χ1) is 9.72. The molecule has 0 radical (unpaired) electrons. The van der Waals surface area contributed by atoms with Gasteiger partial charge in [0, 0.05) is 43.3 Å². The molecule has 0 spiro atoms. The van der Waals surface area contributed by atoms with Crippen LogP contribution in [0.25, 0.3) is 0 Å². The smallest absolute Gasteiger partial charge is 0.228 e. The third-order valence-corrected chi connectivity index (χ3v) is 3.24. The minimum Gasteiger partial charge on any atom is -0.385 e. The van der Waals surface area contributed by atoms with Crippen LogP contribution in [-0.2, 0) is 14.4 Å². The number of carbonyl (C=O) groups excluding carboxylic acids is 3. The lowest BCUT2D eigenvalue weighted by molar-refractivity contribution is -0.125. The molecule has 20 heavy (non-hydrogen) atoms. The minimum absolute atomic E-state index is 0.157. The number of rotatable bonds is 7. The summed E-state index contributed by atoms with van der Waals surface area (Å²) in [6.45, 7) is 2.03. The van der Waals surface area contributed by atoms with E-state index in [4.69, 9.17) is 0 Å². The number of benzene rings is 1. The van der Waals surface area contributed by atoms with Gasteiger partial charge in [-0.05, 0) is 24.3 Å². The van der Waals surface area contributed by atoms with E-state index in [9.17, 15) is 14.4 Å². The van der Waals surface area contributed by atoms with Crippen LogP contribution < -0.4 is 15.5 Å². The number of carbonyl (C=O) groups is 3. The topological polar surface area (TPSA) is 78.5 Å². The van der Waals surface area contributed by atoms with Gasteiger partial charge < -0.3 is 15.0 Å². The zero-order valence-corrected chi connectivity index (χ0v) is 11.0. The maximum Gasteiger partial charge on any atom is 0.228 e. The van der Waals surface area contributed by atoms with Crippen LogP contribution in [0.15, 0.2) is 24.3 Å². The second-order valence-electron chi connectivity index (χ2n) is 4.71. The van der Waals surface area contributed by atoms with E-state index in [-0.39, 0.29) is 18.2 Å². The first-order valence-corrected chi connectivity index (χ1v) is 6.50. The zero-order valence-electron chi connectivity index (χ0n) is 11.0. The molecule has 1 aliphatic rings. The fourth-order valence-corrected chi connectivity index (χ4v) is 2.06. The Morgan fingerprint density at radius 3 is 2.55 bits per heavy atom. The number of amides is 2. The molecular formula is C14H17N3O3. The van der Waals surface area contributed by atoms with Crippen molar-refractivity contribution in [1.82, 2.24) is 5.32 Å². The van der Waals surface area contributed by atoms with Gasteiger partial charge in [-0.15, -0.1) is 0 Å². The van der Waals surface area contributed by atoms with Crippen LogP contribution in [0, 0.1) is 5.92 Å². The van der Waals surface area contributed by atoms with Gasteiger partial charge in [-0.25, -0.2) is 0 Å². The summed E-state index contributed by atoms with van der Waals surface area (Å²) in [5.74, 6) is -0.145. The highest BCUT2D eigenvalue weighted by molar-refractivity contribution is 5.86. The second kappa shape index (κ2) is 6.70. The molecule has 0 atom stereocenters. The Kier molecular flexibility index (Phi) is 4.70. The lowest BCUT2D eigenvalue weighted by Gasteiger charge is -2.38. The van der Waals surface area contributed by atoms with E-state index < -0.39 is 0 Å². The van der Waals surface area contributed by atoms with Gasteiger partial charge in [0.15, 0.2) is 0 Å². The highest BCUT2D eigenvalue weighted by Crippen LogP contribution is 2.24. The molecule has 1 fully saturated rings. The molecule has 2 N–H and O–H groups in total. The Labute approximate surface area is 117 Å². The van der Waals surface area contributed by atoms with E-state index in [1.165, 1.54) is 0 Å². The fraction of sp³-hybridized carbons (Fsp3) is 0.357. The predicted octanol–water partition coefficient (Wildman–Crippen LogP) is 0.396. The van der Waals surface area contributed by atoms with Crippen LogP contribution in [0.4, 0.5) is 11.4 Å². The van der Waals surface area contributed by atoms with Crippen LogP contribution in [0.5, 0.6) is 0 Å². The molecule has 2 rings (SSSR count). The monoisotopic (exact) mass is 275 g/mol. The van der Waals surface area contributed by atoms with Crippen LogP contribution >= 0.6 is 0 Å². The molecule has 6 nitrogen and oxygen atoms in total. The summed E-state index contributed by atoms with van der Waals surface area (Å²) in [6, 6.07) is 7.83. The van der Waals surface area contributed by atoms with Crippen LogP contribution in [-0.4, -0.2) is 38.2 Å². The van der Waals surface area contributed by atoms with Crippen molar-refractivity contribution < 1.29 is 14.4 Å². The molecule has 1 saturated heterocycles. The van der Waals surface area contributed by atoms with Gasteiger partial charge in [0.1, 0.15) is 6.29 Å². The summed E-state index contributed by atoms with van der Waals surface area (Å²) in [5.41, 5.74) is 2.01. The molecule has 0 saturated carbocycles. The Morgan fingerprint density at radius 2 is 1.95 bits per heavy atom. The van der Waals surface area contributed by atoms with Crippen LogP contribution in [0.3, 0.4) is 0 Å². The predicted molar refractivity (Wildman–Crippen MR) is 75.5 cm³/mol. The minimum atomic E-state index is -0.301. The maximum atomic E-state index is 11.1. The fourth-order valence-electron chi connectivity index (χ4n) is 2.06. The quantitative estimate of drug-likeness (QED) is 0.704. The zero-order chi connectivity index (χ0) is 14.4. The number of imide groups is 1. The highest BCUT2D eigenvalue weighted by atomic mass is 16.2. The standard InChI is InChI=1S/C14H17N3O3/c18-9-11-7-17(8-11)13-3-1-12(2-4-13)15-6-5-14(20)16-10-19/h1-4,9-11,15H,5-8H2,(H,16,19,20). The van der Waals surface area contributed by atoms with E-state index in [0.717, 1.165) is 30.8 Å². The molecule has 1 aromatic carbocycles. The number of aldehydes is 1. The summed E-state index contributed by atoms with van der Waals surface area (Å²) >= 11 is 0. The highest BCUT2D eigenvalue weighted by Gasteiger charge is 2.25. The molecule has 0 aromatic heterocycles. The summed E-state index contributed by atoms with van der Waals surface area (Å²) in [7, 11) is 0. The Bertz CT molecular complexity index is 481. The molecule has 6 heteroatoms. The normalized spacial score (nSPS) is 14.3. The molecule has 1 heterocycles. The number of hydrogen-bond donors (Lipinski definition) is 2. The van der Waals surface area contributed by atoms with E-state index in [2.05, 4.69) is 15.5 Å². The third-order valence-electron chi connectivity index (χ3n) is 3.24. The number of hydrogen-bond acceptors (Lipinski definition) is 5. The maximum absolute atomic E-state index is 11.1. The number of nitrogens with zero attached hydrogens (tertiary/aromatic N) is 1. The van der Waals surface area contributed by atoms with Crippen molar-refractivity contribution in [2.75, 3.05) is 29.9 Å². The van der Waals surface area contributed by atoms with Gasteiger partial charge in [-0.3, -0.25) is 14.9 Å². The first-order valence-electron chi connectivity index (χ1n) is 6.50. The molecule has 0 unspecified atom stereocenters. The Hall–Kier alpha value is -2.37. The average Bonchev–Trinajstić information content (AvgIpc) is 2.40. The van der Waals surface area contributed by atoms with Crippen molar-refractivity contribution in [3.8, 4) is 0 Å². The lowest BCUT2D eigenvalue weighted by atomic mass is 10.0. The van der Waals surface area contributed by atoms with E-state index in [0.29, 0.717) is 13.0 Å². The first kappa shape index (κ1) is 14.0. The van der Waals surface area contributed by atoms with E-state index in [1.807, 2.05) is 24.3 Å². The van der Waals surface area contributed by atoms with Gasteiger partial charge >= 0.3 is 0 Å². The summed E-state index contributed by atoms with van der Waals surface area (Å²) < 4.78 is 0. The van der Waals surface area contributed by atoms with Crippen molar-refractivity contribution >= 4 is 30.0 Å². The second-order valence-corrected chi connectivity index (χ2v) is 4.71. The molecule has 0 bridgehead atoms. The van der Waals surface area contributed by atoms with Gasteiger partial charge in [0.2, 0.25) is 12.3 Å². The van der Waals surface area contributed by atoms with Gasteiger partial charge in [0.05, 0.1) is 0 Å². The molecule has 106 valence electrons. The number of nitrogens with one attached hydrogen (secondary N) is 2. The van der Waals surface area contributed by atoms with Gasteiger partial charge in [-0.1, -0.05) is 0 Å². The van der Waals surface area contributed by atoms with E-state index >= 15 is 0 Å². The molecule has 1 aliphatic heterocycles. The van der Waals surface area contributed by atoms with Gasteiger partial charge in [0.25, 0.3) is 0 Å². The third kappa shape index (κ3) is 3.57. The summed E-state index contributed by atoms with van der Waals surface area (Å²) in [5, 5.41) is 5.19. The molecule has 1 aromatic rings. The van der Waals surface area contributed by atoms with Crippen molar-refractivity contribution in [1.29, 1.82) is 0 Å². The van der Waals surface area contributed by atoms with Gasteiger partial charge in [-0.2, -0.15) is 0 Å². The van der Waals surface area contributed by atoms with E-state index in [1.54, 1.807) is 0 Å². The Morgan fingerprint density at radius 1 is 1.25 bits per heavy atom. The van der Waals surface area contributed by atoms with Crippen LogP contribution in [0.1, 0.15) is 6.42 Å². The summed E-state index contributed by atoms with van der Waals surface area (Å²) in [6.07, 6.45) is 1.63. The average molecular weight is 275 g/mol. The lowest BCUT2D eigenvalue weighted by Crippen LogP contribution is -2.47. The SMILES string of the molecule is O=CNC(=O)CCNc1ccc(N2CC(C=O)C2)cc1. The molecular weight excluding hydrogens is 258 g/mol. The number of anilines is 2. The summed E-state index contributed by atoms with van der Waals surface area (Å²) in [4.78, 5) is 33.8.